The Hall–Kier alpha value is -1.49. The van der Waals surface area contributed by atoms with Gasteiger partial charge in [0.25, 0.3) is 0 Å². The highest BCUT2D eigenvalue weighted by atomic mass is 35.5. The Morgan fingerprint density at radius 1 is 1.15 bits per heavy atom. The van der Waals surface area contributed by atoms with Gasteiger partial charge in [-0.25, -0.2) is 9.97 Å². The van der Waals surface area contributed by atoms with Gasteiger partial charge < -0.3 is 5.11 Å². The fourth-order valence-corrected chi connectivity index (χ4v) is 1.65. The summed E-state index contributed by atoms with van der Waals surface area (Å²) in [5.41, 5.74) is 1.39. The van der Waals surface area contributed by atoms with E-state index in [-0.39, 0.29) is 5.78 Å². The summed E-state index contributed by atoms with van der Waals surface area (Å²) < 4.78 is 0. The van der Waals surface area contributed by atoms with E-state index in [9.17, 15) is 4.79 Å². The van der Waals surface area contributed by atoms with E-state index >= 15 is 0 Å². The third-order valence-electron chi connectivity index (χ3n) is 2.37. The molecule has 0 aliphatic rings. The van der Waals surface area contributed by atoms with E-state index in [2.05, 4.69) is 9.97 Å². The predicted molar refractivity (Wildman–Crippen MR) is 79.1 cm³/mol. The largest absolute Gasteiger partial charge is 0.389 e. The molecule has 1 unspecified atom stereocenters. The van der Waals surface area contributed by atoms with Gasteiger partial charge in [0.2, 0.25) is 0 Å². The van der Waals surface area contributed by atoms with Crippen molar-refractivity contribution in [2.45, 2.75) is 20.0 Å². The van der Waals surface area contributed by atoms with Gasteiger partial charge in [0.15, 0.2) is 5.78 Å². The molecule has 2 rings (SSSR count). The van der Waals surface area contributed by atoms with Crippen molar-refractivity contribution in [3.8, 4) is 0 Å². The summed E-state index contributed by atoms with van der Waals surface area (Å²) in [7, 11) is 0. The number of nitrogens with zero attached hydrogens (tertiary/aromatic N) is 2. The van der Waals surface area contributed by atoms with Crippen LogP contribution < -0.4 is 0 Å². The topological polar surface area (TPSA) is 63.1 Å². The molecule has 0 radical (unpaired) electrons. The Morgan fingerprint density at radius 2 is 1.70 bits per heavy atom. The molecule has 0 bridgehead atoms. The van der Waals surface area contributed by atoms with Crippen LogP contribution in [0.15, 0.2) is 36.7 Å². The smallest absolute Gasteiger partial charge is 0.159 e. The summed E-state index contributed by atoms with van der Waals surface area (Å²) in [4.78, 5) is 18.2. The van der Waals surface area contributed by atoms with E-state index in [0.29, 0.717) is 15.9 Å². The predicted octanol–water partition coefficient (Wildman–Crippen LogP) is 3.73. The molecule has 6 heteroatoms. The van der Waals surface area contributed by atoms with E-state index < -0.39 is 6.10 Å². The van der Waals surface area contributed by atoms with Gasteiger partial charge in [0, 0.05) is 18.0 Å². The maximum Gasteiger partial charge on any atom is 0.159 e. The first-order valence-corrected chi connectivity index (χ1v) is 6.57. The summed E-state index contributed by atoms with van der Waals surface area (Å²) in [6.07, 6.45) is 2.61. The monoisotopic (exact) mass is 312 g/mol. The molecule has 2 aromatic heterocycles. The van der Waals surface area contributed by atoms with E-state index in [1.807, 2.05) is 0 Å². The Bertz CT molecular complexity index is 589. The van der Waals surface area contributed by atoms with Crippen molar-refractivity contribution in [2.75, 3.05) is 0 Å². The molecule has 0 amide bonds. The molecule has 1 atom stereocenters. The van der Waals surface area contributed by atoms with Gasteiger partial charge in [-0.3, -0.25) is 4.79 Å². The minimum atomic E-state index is -0.472. The molecule has 0 aliphatic carbocycles. The second kappa shape index (κ2) is 7.94. The van der Waals surface area contributed by atoms with Crippen molar-refractivity contribution < 1.29 is 9.90 Å². The highest BCUT2D eigenvalue weighted by molar-refractivity contribution is 6.29. The lowest BCUT2D eigenvalue weighted by molar-refractivity contribution is 0.101. The van der Waals surface area contributed by atoms with Gasteiger partial charge in [-0.05, 0) is 43.7 Å². The van der Waals surface area contributed by atoms with Crippen molar-refractivity contribution >= 4 is 29.0 Å². The molecule has 106 valence electrons. The van der Waals surface area contributed by atoms with E-state index in [1.165, 1.54) is 13.1 Å². The second-order valence-electron chi connectivity index (χ2n) is 4.01. The molecule has 0 aliphatic heterocycles. The van der Waals surface area contributed by atoms with Gasteiger partial charge in [-0.15, -0.1) is 0 Å². The summed E-state index contributed by atoms with van der Waals surface area (Å²) in [5.74, 6) is 0.00398. The molecule has 0 spiro atoms. The average Bonchev–Trinajstić information content (AvgIpc) is 2.39. The van der Waals surface area contributed by atoms with E-state index in [1.54, 1.807) is 37.4 Å². The third kappa shape index (κ3) is 5.65. The van der Waals surface area contributed by atoms with Crippen molar-refractivity contribution in [3.05, 3.63) is 58.1 Å². The summed E-state index contributed by atoms with van der Waals surface area (Å²) in [5, 5.41) is 9.83. The Labute approximate surface area is 127 Å². The number of halogens is 2. The number of aliphatic hydroxyl groups is 1. The molecule has 2 heterocycles. The first-order valence-electron chi connectivity index (χ1n) is 5.82. The summed E-state index contributed by atoms with van der Waals surface area (Å²) in [6.45, 7) is 3.18. The number of carbonyl (C=O) groups is 1. The Kier molecular flexibility index (Phi) is 6.58. The number of hydrogen-bond acceptors (Lipinski definition) is 4. The summed E-state index contributed by atoms with van der Waals surface area (Å²) >= 11 is 11.1. The number of hydrogen-bond donors (Lipinski definition) is 1. The highest BCUT2D eigenvalue weighted by Crippen LogP contribution is 2.14. The van der Waals surface area contributed by atoms with Crippen molar-refractivity contribution in [1.82, 2.24) is 9.97 Å². The lowest BCUT2D eigenvalue weighted by Gasteiger charge is -2.02. The third-order valence-corrected chi connectivity index (χ3v) is 2.78. The standard InChI is InChI=1S/C7H8ClNO.C7H6ClNO/c2*1-5(10)6-2-3-9-7(8)4-6/h2-5,10H,1H3;2-4H,1H3. The molecular weight excluding hydrogens is 299 g/mol. The lowest BCUT2D eigenvalue weighted by Crippen LogP contribution is -1.91. The Balaban J connectivity index is 0.000000200. The molecule has 0 fully saturated rings. The van der Waals surface area contributed by atoms with Gasteiger partial charge in [-0.1, -0.05) is 23.2 Å². The molecule has 0 aromatic carbocycles. The zero-order valence-corrected chi connectivity index (χ0v) is 12.6. The van der Waals surface area contributed by atoms with Crippen LogP contribution in [0, 0.1) is 0 Å². The number of aromatic nitrogens is 2. The van der Waals surface area contributed by atoms with Crippen LogP contribution in [0.5, 0.6) is 0 Å². The van der Waals surface area contributed by atoms with Crippen LogP contribution >= 0.6 is 23.2 Å². The van der Waals surface area contributed by atoms with E-state index in [4.69, 9.17) is 28.3 Å². The Morgan fingerprint density at radius 3 is 2.05 bits per heavy atom. The molecule has 0 saturated carbocycles. The molecule has 4 nitrogen and oxygen atoms in total. The molecule has 0 saturated heterocycles. The van der Waals surface area contributed by atoms with Gasteiger partial charge in [-0.2, -0.15) is 0 Å². The van der Waals surface area contributed by atoms with Crippen LogP contribution in [-0.4, -0.2) is 20.9 Å². The lowest BCUT2D eigenvalue weighted by atomic mass is 10.2. The van der Waals surface area contributed by atoms with Crippen LogP contribution in [0.25, 0.3) is 0 Å². The molecular formula is C14H14Cl2N2O2. The minimum absolute atomic E-state index is 0.00398. The van der Waals surface area contributed by atoms with Gasteiger partial charge >= 0.3 is 0 Å². The van der Waals surface area contributed by atoms with Crippen LogP contribution in [0.4, 0.5) is 0 Å². The zero-order chi connectivity index (χ0) is 15.1. The van der Waals surface area contributed by atoms with Crippen LogP contribution in [0.1, 0.15) is 35.9 Å². The molecule has 20 heavy (non-hydrogen) atoms. The number of carbonyl (C=O) groups excluding carboxylic acids is 1. The zero-order valence-electron chi connectivity index (χ0n) is 11.0. The van der Waals surface area contributed by atoms with Crippen LogP contribution in [0.2, 0.25) is 10.3 Å². The number of Topliss-reactive ketones (excluding diaryl/α,β-unsaturated/α-hetero) is 1. The first kappa shape index (κ1) is 16.6. The minimum Gasteiger partial charge on any atom is -0.389 e. The second-order valence-corrected chi connectivity index (χ2v) is 4.79. The average molecular weight is 313 g/mol. The van der Waals surface area contributed by atoms with Crippen molar-refractivity contribution in [2.24, 2.45) is 0 Å². The van der Waals surface area contributed by atoms with Gasteiger partial charge in [0.1, 0.15) is 10.3 Å². The number of rotatable bonds is 2. The van der Waals surface area contributed by atoms with E-state index in [0.717, 1.165) is 5.56 Å². The normalized spacial score (nSPS) is 11.2. The fourth-order valence-electron chi connectivity index (χ4n) is 1.30. The highest BCUT2D eigenvalue weighted by Gasteiger charge is 1.99. The first-order chi connectivity index (χ1) is 9.40. The molecule has 1 N–H and O–H groups in total. The maximum atomic E-state index is 10.7. The van der Waals surface area contributed by atoms with Crippen molar-refractivity contribution in [3.63, 3.8) is 0 Å². The number of aliphatic hydroxyl groups excluding tert-OH is 1. The maximum absolute atomic E-state index is 10.7. The van der Waals surface area contributed by atoms with Crippen LogP contribution in [0.3, 0.4) is 0 Å². The summed E-state index contributed by atoms with van der Waals surface area (Å²) in [6, 6.07) is 6.56. The van der Waals surface area contributed by atoms with Gasteiger partial charge in [0.05, 0.1) is 6.10 Å². The SMILES string of the molecule is CC(=O)c1ccnc(Cl)c1.CC(O)c1ccnc(Cl)c1. The quantitative estimate of drug-likeness (QED) is 0.678. The van der Waals surface area contributed by atoms with Crippen molar-refractivity contribution in [1.29, 1.82) is 0 Å². The fraction of sp³-hybridized carbons (Fsp3) is 0.214. The van der Waals surface area contributed by atoms with Crippen LogP contribution in [-0.2, 0) is 0 Å². The molecule has 2 aromatic rings. The number of ketones is 1. The number of pyridine rings is 2.